The molecule has 0 spiro atoms. The molecule has 0 saturated carbocycles. The molecule has 0 radical (unpaired) electrons. The molecule has 4 nitrogen and oxygen atoms in total. The van der Waals surface area contributed by atoms with Gasteiger partial charge in [0, 0.05) is 32.6 Å². The van der Waals surface area contributed by atoms with Crippen LogP contribution in [0.3, 0.4) is 0 Å². The molecule has 0 unspecified atom stereocenters. The van der Waals surface area contributed by atoms with Gasteiger partial charge in [-0.3, -0.25) is 0 Å². The number of rotatable bonds is 6. The van der Waals surface area contributed by atoms with Crippen molar-refractivity contribution in [3.8, 4) is 16.8 Å². The third-order valence-corrected chi connectivity index (χ3v) is 17.0. The lowest BCUT2D eigenvalue weighted by Crippen LogP contribution is -2.76. The molecule has 3 heterocycles. The van der Waals surface area contributed by atoms with Gasteiger partial charge in [-0.1, -0.05) is 200 Å². The van der Waals surface area contributed by atoms with Crippen molar-refractivity contribution >= 4 is 94.5 Å². The van der Waals surface area contributed by atoms with E-state index < -0.39 is 8.07 Å². The molecule has 290 valence electrons. The van der Waals surface area contributed by atoms with Crippen LogP contribution < -0.4 is 21.0 Å². The summed E-state index contributed by atoms with van der Waals surface area (Å²) < 4.78 is 2.45. The minimum Gasteiger partial charge on any atom is -0.309 e. The first-order chi connectivity index (χ1) is 30.8. The molecule has 9 aromatic carbocycles. The van der Waals surface area contributed by atoms with Gasteiger partial charge in [-0.25, -0.2) is 15.0 Å². The first kappa shape index (κ1) is 35.9. The molecule has 12 aromatic rings. The summed E-state index contributed by atoms with van der Waals surface area (Å²) >= 11 is 0. The van der Waals surface area contributed by atoms with Gasteiger partial charge >= 0.3 is 0 Å². The highest BCUT2D eigenvalue weighted by atomic mass is 28.3. The van der Waals surface area contributed by atoms with Gasteiger partial charge < -0.3 is 4.57 Å². The van der Waals surface area contributed by atoms with Crippen molar-refractivity contribution in [1.29, 1.82) is 0 Å². The van der Waals surface area contributed by atoms with Gasteiger partial charge in [-0.05, 0) is 73.2 Å². The molecule has 0 fully saturated rings. The second kappa shape index (κ2) is 14.6. The second-order valence-electron chi connectivity index (χ2n) is 15.9. The van der Waals surface area contributed by atoms with Crippen LogP contribution >= 0.6 is 0 Å². The summed E-state index contributed by atoms with van der Waals surface area (Å²) in [4.78, 5) is 16.8. The Bertz CT molecular complexity index is 3570. The third kappa shape index (κ3) is 5.63. The number of nitrogens with zero attached hydrogens (tertiary/aromatic N) is 4. The Morgan fingerprint density at radius 2 is 0.774 bits per heavy atom. The van der Waals surface area contributed by atoms with E-state index in [1.807, 2.05) is 0 Å². The van der Waals surface area contributed by atoms with Crippen LogP contribution in [-0.2, 0) is 0 Å². The molecule has 0 aliphatic rings. The predicted molar refractivity (Wildman–Crippen MR) is 262 cm³/mol. The molecular formula is C57H38N4Si. The molecule has 0 N–H and O–H groups in total. The maximum absolute atomic E-state index is 5.71. The van der Waals surface area contributed by atoms with Gasteiger partial charge in [0.1, 0.15) is 5.45 Å². The van der Waals surface area contributed by atoms with Crippen molar-refractivity contribution in [3.05, 3.63) is 231 Å². The Morgan fingerprint density at radius 3 is 1.34 bits per heavy atom. The zero-order valence-corrected chi connectivity index (χ0v) is 34.7. The van der Waals surface area contributed by atoms with E-state index in [1.54, 1.807) is 0 Å². The molecule has 3 aromatic heterocycles. The largest absolute Gasteiger partial charge is 0.309 e. The molecule has 0 aliphatic carbocycles. The first-order valence-corrected chi connectivity index (χ1v) is 23.1. The lowest BCUT2D eigenvalue weighted by atomic mass is 9.99. The van der Waals surface area contributed by atoms with E-state index in [0.717, 1.165) is 54.5 Å². The summed E-state index contributed by atoms with van der Waals surface area (Å²) in [6.45, 7) is 0. The van der Waals surface area contributed by atoms with Crippen molar-refractivity contribution in [1.82, 2.24) is 19.5 Å². The van der Waals surface area contributed by atoms with E-state index in [0.29, 0.717) is 11.3 Å². The predicted octanol–water partition coefficient (Wildman–Crippen LogP) is 11.2. The average Bonchev–Trinajstić information content (AvgIpc) is 3.69. The Balaban J connectivity index is 1.30. The third-order valence-electron chi connectivity index (χ3n) is 12.5. The van der Waals surface area contributed by atoms with Crippen LogP contribution in [0.15, 0.2) is 231 Å². The lowest BCUT2D eigenvalue weighted by molar-refractivity contribution is 1.19. The van der Waals surface area contributed by atoms with Gasteiger partial charge in [-0.2, -0.15) is 0 Å². The summed E-state index contributed by atoms with van der Waals surface area (Å²) in [5.41, 5.74) is 7.87. The van der Waals surface area contributed by atoms with Crippen LogP contribution in [-0.4, -0.2) is 27.6 Å². The van der Waals surface area contributed by atoms with Crippen LogP contribution in [0.2, 0.25) is 0 Å². The Morgan fingerprint density at radius 1 is 0.323 bits per heavy atom. The van der Waals surface area contributed by atoms with Crippen molar-refractivity contribution in [3.63, 3.8) is 0 Å². The standard InChI is InChI=1S/C57H38N4Si/c1-6-20-39(21-7-1)40-34-35-48-52-37-41-36-51(54(52)61(53(48)38-40)42-22-8-2-9-23-42)47-31-17-19-33-50(47)56-58-55(49-32-18-16-30-46(41)49)59-57(60-56)62(43-24-10-3-11-25-43,44-26-12-4-13-27-44)45-28-14-5-15-29-45/h1-38H. The van der Waals surface area contributed by atoms with Gasteiger partial charge in [0.25, 0.3) is 0 Å². The molecule has 0 saturated heterocycles. The fourth-order valence-electron chi connectivity index (χ4n) is 9.74. The van der Waals surface area contributed by atoms with Crippen LogP contribution in [0.1, 0.15) is 0 Å². The van der Waals surface area contributed by atoms with Crippen LogP contribution in [0.25, 0.3) is 82.2 Å². The number of benzene rings is 9. The summed E-state index contributed by atoms with van der Waals surface area (Å²) in [5.74, 6) is 0. The summed E-state index contributed by atoms with van der Waals surface area (Å²) in [6, 6.07) is 83.0. The van der Waals surface area contributed by atoms with Crippen molar-refractivity contribution in [2.75, 3.05) is 0 Å². The minimum atomic E-state index is -3.15. The van der Waals surface area contributed by atoms with E-state index in [1.165, 1.54) is 37.5 Å². The van der Waals surface area contributed by atoms with E-state index in [2.05, 4.69) is 235 Å². The molecule has 4 bridgehead atoms. The quantitative estimate of drug-likeness (QED) is 0.124. The number of aromatic nitrogens is 4. The smallest absolute Gasteiger partial charge is 0.226 e. The molecule has 12 rings (SSSR count). The SMILES string of the molecule is c1ccc(-c2ccc3c4cc5cc(c6ccccc6c6nc([Si](c7ccccc7)(c7ccccc7)c7ccccc7)nc(n6)c6ccccc56)c4n(-c4ccccc4)c3c2)cc1. The van der Waals surface area contributed by atoms with Crippen molar-refractivity contribution in [2.45, 2.75) is 0 Å². The fraction of sp³-hybridized carbons (Fsp3) is 0. The lowest BCUT2D eigenvalue weighted by Gasteiger charge is -2.32. The molecule has 0 atom stereocenters. The Labute approximate surface area is 359 Å². The van der Waals surface area contributed by atoms with Crippen LogP contribution in [0.5, 0.6) is 0 Å². The maximum Gasteiger partial charge on any atom is 0.226 e. The van der Waals surface area contributed by atoms with Gasteiger partial charge in [0.05, 0.1) is 11.0 Å². The average molecular weight is 807 g/mol. The van der Waals surface area contributed by atoms with Crippen LogP contribution in [0, 0.1) is 0 Å². The summed E-state index contributed by atoms with van der Waals surface area (Å²) in [6.07, 6.45) is 0. The van der Waals surface area contributed by atoms with E-state index in [9.17, 15) is 0 Å². The minimum absolute atomic E-state index is 0.657. The monoisotopic (exact) mass is 806 g/mol. The highest BCUT2D eigenvalue weighted by Crippen LogP contribution is 2.41. The van der Waals surface area contributed by atoms with Gasteiger partial charge in [0.2, 0.25) is 8.07 Å². The summed E-state index contributed by atoms with van der Waals surface area (Å²) in [7, 11) is -3.15. The Hall–Kier alpha value is -7.99. The molecule has 0 amide bonds. The van der Waals surface area contributed by atoms with Gasteiger partial charge in [-0.15, -0.1) is 0 Å². The Kier molecular flexibility index (Phi) is 8.47. The number of fused-ring (bicyclic) bond motifs is 14. The van der Waals surface area contributed by atoms with Crippen LogP contribution in [0.4, 0.5) is 0 Å². The van der Waals surface area contributed by atoms with Crippen molar-refractivity contribution < 1.29 is 0 Å². The fourth-order valence-corrected chi connectivity index (χ4v) is 14.1. The zero-order chi connectivity index (χ0) is 41.0. The molecule has 62 heavy (non-hydrogen) atoms. The first-order valence-electron chi connectivity index (χ1n) is 21.1. The number of para-hydroxylation sites is 1. The van der Waals surface area contributed by atoms with E-state index >= 15 is 0 Å². The van der Waals surface area contributed by atoms with Crippen molar-refractivity contribution in [2.24, 2.45) is 0 Å². The normalized spacial score (nSPS) is 11.9. The number of hydrogen-bond acceptors (Lipinski definition) is 3. The molecule has 0 aliphatic heterocycles. The highest BCUT2D eigenvalue weighted by molar-refractivity contribution is 7.19. The second-order valence-corrected chi connectivity index (χ2v) is 19.6. The van der Waals surface area contributed by atoms with E-state index in [4.69, 9.17) is 15.0 Å². The maximum atomic E-state index is 5.71. The summed E-state index contributed by atoms with van der Waals surface area (Å²) in [5, 5.41) is 12.3. The van der Waals surface area contributed by atoms with E-state index in [-0.39, 0.29) is 0 Å². The van der Waals surface area contributed by atoms with Gasteiger partial charge in [0.15, 0.2) is 11.3 Å². The number of hydrogen-bond donors (Lipinski definition) is 0. The molecular weight excluding hydrogens is 769 g/mol. The highest BCUT2D eigenvalue weighted by Gasteiger charge is 2.45. The topological polar surface area (TPSA) is 43.6 Å². The molecule has 5 heteroatoms. The zero-order valence-electron chi connectivity index (χ0n) is 33.7.